The van der Waals surface area contributed by atoms with Crippen molar-refractivity contribution in [3.05, 3.63) is 22.4 Å². The first-order valence-electron chi connectivity index (χ1n) is 8.54. The van der Waals surface area contributed by atoms with Crippen molar-refractivity contribution < 1.29 is 0 Å². The van der Waals surface area contributed by atoms with E-state index >= 15 is 0 Å². The molecule has 2 heteroatoms. The summed E-state index contributed by atoms with van der Waals surface area (Å²) in [7, 11) is 0. The Morgan fingerprint density at radius 2 is 1.85 bits per heavy atom. The number of nitrogens with one attached hydrogen (secondary N) is 1. The largest absolute Gasteiger partial charge is 0.309 e. The third-order valence-electron chi connectivity index (χ3n) is 6.17. The second kappa shape index (κ2) is 5.14. The molecule has 0 amide bonds. The molecule has 1 atom stereocenters. The van der Waals surface area contributed by atoms with Crippen LogP contribution in [0, 0.1) is 23.2 Å². The molecular weight excluding hydrogens is 262 g/mol. The molecular formula is C18H27NS. The van der Waals surface area contributed by atoms with Gasteiger partial charge in [0.05, 0.1) is 0 Å². The number of hydrogen-bond acceptors (Lipinski definition) is 2. The molecule has 4 bridgehead atoms. The second-order valence-corrected chi connectivity index (χ2v) is 8.50. The average molecular weight is 289 g/mol. The zero-order chi connectivity index (χ0) is 13.6. The summed E-state index contributed by atoms with van der Waals surface area (Å²) in [6.07, 6.45) is 10.4. The number of rotatable bonds is 5. The third-order valence-corrected chi connectivity index (χ3v) is 6.87. The van der Waals surface area contributed by atoms with E-state index in [1.807, 2.05) is 11.3 Å². The minimum Gasteiger partial charge on any atom is -0.309 e. The maximum absolute atomic E-state index is 3.94. The van der Waals surface area contributed by atoms with Crippen LogP contribution in [0.25, 0.3) is 0 Å². The van der Waals surface area contributed by atoms with Gasteiger partial charge < -0.3 is 5.32 Å². The van der Waals surface area contributed by atoms with Crippen LogP contribution in [-0.4, -0.2) is 6.54 Å². The molecule has 4 fully saturated rings. The molecule has 110 valence electrons. The standard InChI is InChI=1S/C18H27NS/c1-2-4-19-17(16-3-5-20-12-16)18-9-13-6-14(10-18)8-15(7-13)11-18/h3,5,12-15,17,19H,2,4,6-11H2,1H3. The van der Waals surface area contributed by atoms with Crippen molar-refractivity contribution in [3.63, 3.8) is 0 Å². The van der Waals surface area contributed by atoms with Crippen molar-refractivity contribution in [2.75, 3.05) is 6.54 Å². The molecule has 0 aliphatic heterocycles. The van der Waals surface area contributed by atoms with Gasteiger partial charge in [0.1, 0.15) is 0 Å². The Balaban J connectivity index is 1.65. The summed E-state index contributed by atoms with van der Waals surface area (Å²) in [5.74, 6) is 3.14. The van der Waals surface area contributed by atoms with Crippen molar-refractivity contribution in [1.29, 1.82) is 0 Å². The SMILES string of the molecule is CCCNC(c1ccsc1)C12CC3CC(CC(C3)C1)C2. The van der Waals surface area contributed by atoms with E-state index in [0.717, 1.165) is 17.8 Å². The van der Waals surface area contributed by atoms with E-state index in [1.54, 1.807) is 24.8 Å². The first-order valence-corrected chi connectivity index (χ1v) is 9.49. The van der Waals surface area contributed by atoms with Gasteiger partial charge in [0.15, 0.2) is 0 Å². The predicted octanol–water partition coefficient (Wildman–Crippen LogP) is 5.01. The van der Waals surface area contributed by atoms with E-state index in [4.69, 9.17) is 0 Å². The highest BCUT2D eigenvalue weighted by molar-refractivity contribution is 7.07. The first kappa shape index (κ1) is 13.3. The van der Waals surface area contributed by atoms with Gasteiger partial charge in [-0.05, 0) is 97.0 Å². The lowest BCUT2D eigenvalue weighted by Crippen LogP contribution is -2.52. The van der Waals surface area contributed by atoms with Crippen molar-refractivity contribution in [3.8, 4) is 0 Å². The lowest BCUT2D eigenvalue weighted by atomic mass is 9.47. The van der Waals surface area contributed by atoms with E-state index in [9.17, 15) is 0 Å². The maximum Gasteiger partial charge on any atom is 0.0385 e. The molecule has 0 radical (unpaired) electrons. The molecule has 0 aromatic carbocycles. The monoisotopic (exact) mass is 289 g/mol. The summed E-state index contributed by atoms with van der Waals surface area (Å²) in [6.45, 7) is 3.46. The van der Waals surface area contributed by atoms with Crippen LogP contribution in [-0.2, 0) is 0 Å². The zero-order valence-electron chi connectivity index (χ0n) is 12.6. The van der Waals surface area contributed by atoms with E-state index < -0.39 is 0 Å². The van der Waals surface area contributed by atoms with Gasteiger partial charge in [0.25, 0.3) is 0 Å². The number of hydrogen-bond donors (Lipinski definition) is 1. The van der Waals surface area contributed by atoms with Crippen molar-refractivity contribution in [2.45, 2.75) is 57.9 Å². The highest BCUT2D eigenvalue weighted by atomic mass is 32.1. The summed E-state index contributed by atoms with van der Waals surface area (Å²) >= 11 is 1.87. The van der Waals surface area contributed by atoms with Crippen LogP contribution in [0.2, 0.25) is 0 Å². The Kier molecular flexibility index (Phi) is 3.42. The fourth-order valence-electron chi connectivity index (χ4n) is 5.95. The van der Waals surface area contributed by atoms with Gasteiger partial charge in [0, 0.05) is 6.04 Å². The van der Waals surface area contributed by atoms with E-state index in [0.29, 0.717) is 11.5 Å². The Hall–Kier alpha value is -0.340. The normalized spacial score (nSPS) is 40.1. The molecule has 1 aromatic heterocycles. The topological polar surface area (TPSA) is 12.0 Å². The van der Waals surface area contributed by atoms with Crippen molar-refractivity contribution in [1.82, 2.24) is 5.32 Å². The van der Waals surface area contributed by atoms with Crippen molar-refractivity contribution >= 4 is 11.3 Å². The molecule has 1 heterocycles. The highest BCUT2D eigenvalue weighted by Gasteiger charge is 2.54. The molecule has 20 heavy (non-hydrogen) atoms. The Bertz CT molecular complexity index is 415. The van der Waals surface area contributed by atoms with Gasteiger partial charge in [-0.2, -0.15) is 11.3 Å². The van der Waals surface area contributed by atoms with Crippen LogP contribution < -0.4 is 5.32 Å². The maximum atomic E-state index is 3.94. The average Bonchev–Trinajstić information content (AvgIpc) is 2.91. The molecule has 4 aliphatic carbocycles. The van der Waals surface area contributed by atoms with E-state index in [1.165, 1.54) is 32.2 Å². The second-order valence-electron chi connectivity index (χ2n) is 7.72. The van der Waals surface area contributed by atoms with Gasteiger partial charge in [-0.1, -0.05) is 6.92 Å². The molecule has 0 saturated heterocycles. The molecule has 1 N–H and O–H groups in total. The highest BCUT2D eigenvalue weighted by Crippen LogP contribution is 2.64. The predicted molar refractivity (Wildman–Crippen MR) is 86.0 cm³/mol. The van der Waals surface area contributed by atoms with Crippen LogP contribution in [0.3, 0.4) is 0 Å². The molecule has 5 rings (SSSR count). The quantitative estimate of drug-likeness (QED) is 0.804. The van der Waals surface area contributed by atoms with Crippen LogP contribution in [0.1, 0.15) is 63.5 Å². The lowest BCUT2D eigenvalue weighted by Gasteiger charge is -2.59. The molecule has 1 unspecified atom stereocenters. The third kappa shape index (κ3) is 2.16. The molecule has 4 aliphatic rings. The van der Waals surface area contributed by atoms with E-state index in [-0.39, 0.29) is 0 Å². The Labute approximate surface area is 127 Å². The smallest absolute Gasteiger partial charge is 0.0385 e. The summed E-state index contributed by atoms with van der Waals surface area (Å²) in [4.78, 5) is 0. The molecule has 4 saturated carbocycles. The molecule has 0 spiro atoms. The van der Waals surface area contributed by atoms with Crippen LogP contribution in [0.15, 0.2) is 16.8 Å². The lowest BCUT2D eigenvalue weighted by molar-refractivity contribution is -0.0747. The number of thiophene rings is 1. The molecule has 1 aromatic rings. The van der Waals surface area contributed by atoms with E-state index in [2.05, 4.69) is 29.1 Å². The van der Waals surface area contributed by atoms with Gasteiger partial charge in [-0.25, -0.2) is 0 Å². The van der Waals surface area contributed by atoms with Crippen LogP contribution in [0.4, 0.5) is 0 Å². The van der Waals surface area contributed by atoms with Crippen LogP contribution >= 0.6 is 11.3 Å². The molecule has 1 nitrogen and oxygen atoms in total. The Morgan fingerprint density at radius 1 is 1.20 bits per heavy atom. The summed E-state index contributed by atoms with van der Waals surface area (Å²) < 4.78 is 0. The first-order chi connectivity index (χ1) is 9.79. The minimum atomic E-state index is 0.588. The van der Waals surface area contributed by atoms with Crippen molar-refractivity contribution in [2.24, 2.45) is 23.2 Å². The summed E-state index contributed by atoms with van der Waals surface area (Å²) in [5.41, 5.74) is 2.16. The minimum absolute atomic E-state index is 0.588. The zero-order valence-corrected chi connectivity index (χ0v) is 13.4. The van der Waals surface area contributed by atoms with Gasteiger partial charge in [0.2, 0.25) is 0 Å². The summed E-state index contributed by atoms with van der Waals surface area (Å²) in [6, 6.07) is 3.00. The van der Waals surface area contributed by atoms with Crippen LogP contribution in [0.5, 0.6) is 0 Å². The van der Waals surface area contributed by atoms with Gasteiger partial charge in [-0.15, -0.1) is 0 Å². The fourth-order valence-corrected chi connectivity index (χ4v) is 6.63. The Morgan fingerprint density at radius 3 is 2.35 bits per heavy atom. The van der Waals surface area contributed by atoms with Gasteiger partial charge >= 0.3 is 0 Å². The summed E-state index contributed by atoms with van der Waals surface area (Å²) in [5, 5.41) is 8.59. The van der Waals surface area contributed by atoms with Gasteiger partial charge in [-0.3, -0.25) is 0 Å². The fraction of sp³-hybridized carbons (Fsp3) is 0.778.